The van der Waals surface area contributed by atoms with Gasteiger partial charge in [-0.05, 0) is 43.2 Å². The summed E-state index contributed by atoms with van der Waals surface area (Å²) >= 11 is 3.36. The molecule has 2 rings (SSSR count). The van der Waals surface area contributed by atoms with Crippen LogP contribution in [0.25, 0.3) is 0 Å². The van der Waals surface area contributed by atoms with Crippen LogP contribution in [0.3, 0.4) is 0 Å². The number of rotatable bonds is 5. The van der Waals surface area contributed by atoms with E-state index < -0.39 is 10.5 Å². The average molecular weight is 357 g/mol. The van der Waals surface area contributed by atoms with Crippen molar-refractivity contribution in [1.29, 1.82) is 0 Å². The van der Waals surface area contributed by atoms with Crippen LogP contribution in [-0.4, -0.2) is 22.2 Å². The van der Waals surface area contributed by atoms with Crippen molar-refractivity contribution >= 4 is 21.6 Å². The van der Waals surface area contributed by atoms with Crippen molar-refractivity contribution in [2.24, 2.45) is 5.92 Å². The second-order valence-electron chi connectivity index (χ2n) is 6.04. The molecule has 0 amide bonds. The number of nitro benzene ring substituents is 1. The lowest BCUT2D eigenvalue weighted by molar-refractivity contribution is -0.384. The first-order chi connectivity index (χ1) is 9.89. The van der Waals surface area contributed by atoms with Crippen LogP contribution in [0.1, 0.15) is 38.2 Å². The number of non-ortho nitro benzene ring substituents is 1. The standard InChI is InChI=1S/C15H21BrN2O3/c1-11-4-6-15(19,7-5-11)10-17-9-12-2-3-13(18(20)21)8-14(12)16/h2-3,8,11,17,19H,4-7,9-10H2,1H3. The molecule has 0 saturated heterocycles. The van der Waals surface area contributed by atoms with Crippen LogP contribution in [0.2, 0.25) is 0 Å². The van der Waals surface area contributed by atoms with Gasteiger partial charge in [-0.15, -0.1) is 0 Å². The van der Waals surface area contributed by atoms with Crippen molar-refractivity contribution in [2.75, 3.05) is 6.54 Å². The Labute approximate surface area is 133 Å². The Morgan fingerprint density at radius 2 is 2.14 bits per heavy atom. The number of nitro groups is 1. The number of hydrogen-bond acceptors (Lipinski definition) is 4. The van der Waals surface area contributed by atoms with Gasteiger partial charge in [-0.3, -0.25) is 10.1 Å². The molecular formula is C15H21BrN2O3. The molecule has 1 aromatic rings. The molecule has 0 unspecified atom stereocenters. The predicted molar refractivity (Wildman–Crippen MR) is 85.1 cm³/mol. The molecule has 0 aromatic heterocycles. The molecule has 1 aliphatic carbocycles. The van der Waals surface area contributed by atoms with E-state index in [4.69, 9.17) is 0 Å². The second kappa shape index (κ2) is 6.85. The van der Waals surface area contributed by atoms with Gasteiger partial charge in [0.25, 0.3) is 5.69 Å². The highest BCUT2D eigenvalue weighted by molar-refractivity contribution is 9.10. The molecular weight excluding hydrogens is 336 g/mol. The third kappa shape index (κ3) is 4.49. The van der Waals surface area contributed by atoms with Crippen molar-refractivity contribution in [3.8, 4) is 0 Å². The van der Waals surface area contributed by atoms with Crippen molar-refractivity contribution in [1.82, 2.24) is 5.32 Å². The lowest BCUT2D eigenvalue weighted by Crippen LogP contribution is -2.43. The minimum Gasteiger partial charge on any atom is -0.389 e. The molecule has 21 heavy (non-hydrogen) atoms. The van der Waals surface area contributed by atoms with E-state index in [0.717, 1.165) is 31.2 Å². The predicted octanol–water partition coefficient (Wildman–Crippen LogP) is 3.39. The molecule has 0 radical (unpaired) electrons. The minimum absolute atomic E-state index is 0.0746. The highest BCUT2D eigenvalue weighted by Crippen LogP contribution is 2.31. The zero-order chi connectivity index (χ0) is 15.5. The molecule has 1 aromatic carbocycles. The van der Waals surface area contributed by atoms with E-state index in [2.05, 4.69) is 28.2 Å². The quantitative estimate of drug-likeness (QED) is 0.626. The second-order valence-corrected chi connectivity index (χ2v) is 6.90. The maximum Gasteiger partial charge on any atom is 0.270 e. The van der Waals surface area contributed by atoms with Gasteiger partial charge in [0.05, 0.1) is 10.5 Å². The summed E-state index contributed by atoms with van der Waals surface area (Å²) in [5, 5.41) is 24.4. The normalized spacial score (nSPS) is 25.8. The summed E-state index contributed by atoms with van der Waals surface area (Å²) in [7, 11) is 0. The highest BCUT2D eigenvalue weighted by atomic mass is 79.9. The molecule has 1 aliphatic rings. The van der Waals surface area contributed by atoms with E-state index in [1.807, 2.05) is 0 Å². The maximum atomic E-state index is 10.7. The SMILES string of the molecule is CC1CCC(O)(CNCc2ccc([N+](=O)[O-])cc2Br)CC1. The van der Waals surface area contributed by atoms with E-state index in [-0.39, 0.29) is 5.69 Å². The van der Waals surface area contributed by atoms with Crippen LogP contribution in [0.15, 0.2) is 22.7 Å². The first kappa shape index (κ1) is 16.4. The summed E-state index contributed by atoms with van der Waals surface area (Å²) in [4.78, 5) is 10.3. The highest BCUT2D eigenvalue weighted by Gasteiger charge is 2.31. The topological polar surface area (TPSA) is 75.4 Å². The van der Waals surface area contributed by atoms with Crippen molar-refractivity contribution < 1.29 is 10.0 Å². The number of hydrogen-bond donors (Lipinski definition) is 2. The molecule has 0 heterocycles. The van der Waals surface area contributed by atoms with Crippen LogP contribution >= 0.6 is 15.9 Å². The van der Waals surface area contributed by atoms with Gasteiger partial charge in [-0.25, -0.2) is 0 Å². The lowest BCUT2D eigenvalue weighted by atomic mass is 9.79. The van der Waals surface area contributed by atoms with E-state index in [0.29, 0.717) is 23.5 Å². The van der Waals surface area contributed by atoms with E-state index in [1.165, 1.54) is 12.1 Å². The van der Waals surface area contributed by atoms with Crippen molar-refractivity contribution in [3.63, 3.8) is 0 Å². The zero-order valence-electron chi connectivity index (χ0n) is 12.1. The third-order valence-corrected chi connectivity index (χ3v) is 4.96. The molecule has 0 spiro atoms. The van der Waals surface area contributed by atoms with E-state index >= 15 is 0 Å². The van der Waals surface area contributed by atoms with Gasteiger partial charge in [0.1, 0.15) is 0 Å². The van der Waals surface area contributed by atoms with Gasteiger partial charge < -0.3 is 10.4 Å². The van der Waals surface area contributed by atoms with Crippen molar-refractivity contribution in [2.45, 2.75) is 44.8 Å². The smallest absolute Gasteiger partial charge is 0.270 e. The molecule has 116 valence electrons. The summed E-state index contributed by atoms with van der Waals surface area (Å²) in [6.07, 6.45) is 3.81. The number of aliphatic hydroxyl groups is 1. The largest absolute Gasteiger partial charge is 0.389 e. The molecule has 2 N–H and O–H groups in total. The van der Waals surface area contributed by atoms with E-state index in [9.17, 15) is 15.2 Å². The first-order valence-corrected chi connectivity index (χ1v) is 8.05. The zero-order valence-corrected chi connectivity index (χ0v) is 13.7. The van der Waals surface area contributed by atoms with Gasteiger partial charge in [-0.2, -0.15) is 0 Å². The van der Waals surface area contributed by atoms with Crippen LogP contribution in [0.5, 0.6) is 0 Å². The Morgan fingerprint density at radius 3 is 2.71 bits per heavy atom. The number of nitrogens with zero attached hydrogens (tertiary/aromatic N) is 1. The Hall–Kier alpha value is -0.980. The number of halogens is 1. The summed E-state index contributed by atoms with van der Waals surface area (Å²) in [6.45, 7) is 3.36. The first-order valence-electron chi connectivity index (χ1n) is 7.25. The average Bonchev–Trinajstić information content (AvgIpc) is 2.44. The fraction of sp³-hybridized carbons (Fsp3) is 0.600. The molecule has 0 aliphatic heterocycles. The summed E-state index contributed by atoms with van der Waals surface area (Å²) in [6, 6.07) is 4.75. The molecule has 1 saturated carbocycles. The Balaban J connectivity index is 1.87. The molecule has 5 nitrogen and oxygen atoms in total. The Kier molecular flexibility index (Phi) is 5.35. The maximum absolute atomic E-state index is 10.7. The van der Waals surface area contributed by atoms with Gasteiger partial charge in [0, 0.05) is 29.7 Å². The Morgan fingerprint density at radius 1 is 1.48 bits per heavy atom. The van der Waals surface area contributed by atoms with Gasteiger partial charge in [-0.1, -0.05) is 22.9 Å². The number of nitrogens with one attached hydrogen (secondary N) is 1. The van der Waals surface area contributed by atoms with Crippen molar-refractivity contribution in [3.05, 3.63) is 38.3 Å². The summed E-state index contributed by atoms with van der Waals surface area (Å²) in [5.41, 5.74) is 0.415. The third-order valence-electron chi connectivity index (χ3n) is 4.22. The molecule has 6 heteroatoms. The van der Waals surface area contributed by atoms with Crippen LogP contribution in [-0.2, 0) is 6.54 Å². The Bertz CT molecular complexity index is 514. The summed E-state index contributed by atoms with van der Waals surface area (Å²) < 4.78 is 0.716. The minimum atomic E-state index is -0.611. The van der Waals surface area contributed by atoms with Crippen LogP contribution in [0.4, 0.5) is 5.69 Å². The van der Waals surface area contributed by atoms with Crippen LogP contribution < -0.4 is 5.32 Å². The fourth-order valence-electron chi connectivity index (χ4n) is 2.70. The fourth-order valence-corrected chi connectivity index (χ4v) is 3.21. The lowest BCUT2D eigenvalue weighted by Gasteiger charge is -2.35. The van der Waals surface area contributed by atoms with Gasteiger partial charge in [0.2, 0.25) is 0 Å². The van der Waals surface area contributed by atoms with Gasteiger partial charge in [0.15, 0.2) is 0 Å². The number of benzene rings is 1. The molecule has 1 fully saturated rings. The molecule has 0 atom stereocenters. The van der Waals surface area contributed by atoms with E-state index in [1.54, 1.807) is 6.07 Å². The monoisotopic (exact) mass is 356 g/mol. The molecule has 0 bridgehead atoms. The summed E-state index contributed by atoms with van der Waals surface area (Å²) in [5.74, 6) is 0.703. The van der Waals surface area contributed by atoms with Crippen LogP contribution in [0, 0.1) is 16.0 Å². The van der Waals surface area contributed by atoms with Gasteiger partial charge >= 0.3 is 0 Å².